The Morgan fingerprint density at radius 2 is 1.89 bits per heavy atom. The van der Waals surface area contributed by atoms with Gasteiger partial charge in [0.15, 0.2) is 0 Å². The number of rotatable bonds is 2. The van der Waals surface area contributed by atoms with Gasteiger partial charge in [0, 0.05) is 25.0 Å². The SMILES string of the molecule is CC(C)(C)OC(=O)N1C[C@H](CN)[C@H](N2CCCC2)C1. The van der Waals surface area contributed by atoms with Crippen molar-refractivity contribution in [2.75, 3.05) is 32.7 Å². The predicted molar refractivity (Wildman–Crippen MR) is 74.9 cm³/mol. The molecular formula is C14H27N3O2. The van der Waals surface area contributed by atoms with Gasteiger partial charge < -0.3 is 15.4 Å². The number of carbonyl (C=O) groups excluding carboxylic acids is 1. The highest BCUT2D eigenvalue weighted by Gasteiger charge is 2.39. The number of likely N-dealkylation sites (tertiary alicyclic amines) is 2. The number of ether oxygens (including phenoxy) is 1. The van der Waals surface area contributed by atoms with Crippen LogP contribution in [0.1, 0.15) is 33.6 Å². The first-order valence-corrected chi connectivity index (χ1v) is 7.33. The number of amides is 1. The third-order valence-corrected chi connectivity index (χ3v) is 3.97. The third kappa shape index (κ3) is 3.60. The predicted octanol–water partition coefficient (Wildman–Crippen LogP) is 1.28. The van der Waals surface area contributed by atoms with Crippen molar-refractivity contribution < 1.29 is 9.53 Å². The Morgan fingerprint density at radius 1 is 1.26 bits per heavy atom. The van der Waals surface area contributed by atoms with Gasteiger partial charge in [-0.15, -0.1) is 0 Å². The molecular weight excluding hydrogens is 242 g/mol. The van der Waals surface area contributed by atoms with E-state index in [9.17, 15) is 4.79 Å². The van der Waals surface area contributed by atoms with Gasteiger partial charge in [-0.2, -0.15) is 0 Å². The van der Waals surface area contributed by atoms with Crippen LogP contribution in [0.2, 0.25) is 0 Å². The van der Waals surface area contributed by atoms with Crippen molar-refractivity contribution in [2.24, 2.45) is 11.7 Å². The van der Waals surface area contributed by atoms with E-state index in [4.69, 9.17) is 10.5 Å². The smallest absolute Gasteiger partial charge is 0.410 e. The summed E-state index contributed by atoms with van der Waals surface area (Å²) in [5, 5.41) is 0. The Kier molecular flexibility index (Phi) is 4.36. The Hall–Kier alpha value is -0.810. The van der Waals surface area contributed by atoms with E-state index in [1.165, 1.54) is 12.8 Å². The molecule has 0 bridgehead atoms. The van der Waals surface area contributed by atoms with Crippen molar-refractivity contribution >= 4 is 6.09 Å². The number of nitrogens with two attached hydrogens (primary N) is 1. The second-order valence-corrected chi connectivity index (χ2v) is 6.69. The first kappa shape index (κ1) is 14.6. The van der Waals surface area contributed by atoms with Gasteiger partial charge in [0.1, 0.15) is 5.60 Å². The second kappa shape index (κ2) is 5.67. The summed E-state index contributed by atoms with van der Waals surface area (Å²) >= 11 is 0. The van der Waals surface area contributed by atoms with Gasteiger partial charge in [-0.25, -0.2) is 4.79 Å². The molecule has 0 aromatic rings. The molecule has 2 atom stereocenters. The van der Waals surface area contributed by atoms with Gasteiger partial charge in [0.2, 0.25) is 0 Å². The van der Waals surface area contributed by atoms with E-state index in [2.05, 4.69) is 4.90 Å². The molecule has 0 saturated carbocycles. The standard InChI is InChI=1S/C14H27N3O2/c1-14(2,3)19-13(18)17-9-11(8-15)12(10-17)16-6-4-5-7-16/h11-12H,4-10,15H2,1-3H3/t11-,12+/m0/s1. The highest BCUT2D eigenvalue weighted by atomic mass is 16.6. The lowest BCUT2D eigenvalue weighted by molar-refractivity contribution is 0.0280. The third-order valence-electron chi connectivity index (χ3n) is 3.97. The topological polar surface area (TPSA) is 58.8 Å². The average Bonchev–Trinajstić information content (AvgIpc) is 2.95. The number of hydrogen-bond donors (Lipinski definition) is 1. The molecule has 0 radical (unpaired) electrons. The molecule has 2 rings (SSSR count). The van der Waals surface area contributed by atoms with E-state index < -0.39 is 5.60 Å². The first-order chi connectivity index (χ1) is 8.90. The minimum atomic E-state index is -0.430. The van der Waals surface area contributed by atoms with Crippen molar-refractivity contribution in [1.29, 1.82) is 0 Å². The van der Waals surface area contributed by atoms with E-state index in [1.807, 2.05) is 25.7 Å². The van der Waals surface area contributed by atoms with Crippen LogP contribution in [0.5, 0.6) is 0 Å². The molecule has 5 heteroatoms. The zero-order chi connectivity index (χ0) is 14.0. The average molecular weight is 269 g/mol. The molecule has 5 nitrogen and oxygen atoms in total. The van der Waals surface area contributed by atoms with Gasteiger partial charge in [-0.05, 0) is 53.2 Å². The molecule has 0 unspecified atom stereocenters. The fourth-order valence-electron chi connectivity index (χ4n) is 3.05. The zero-order valence-electron chi connectivity index (χ0n) is 12.4. The van der Waals surface area contributed by atoms with Crippen LogP contribution in [0.25, 0.3) is 0 Å². The Labute approximate surface area is 116 Å². The van der Waals surface area contributed by atoms with E-state index in [0.29, 0.717) is 18.5 Å². The zero-order valence-corrected chi connectivity index (χ0v) is 12.4. The Bertz CT molecular complexity index is 321. The van der Waals surface area contributed by atoms with Crippen LogP contribution in [0, 0.1) is 5.92 Å². The molecule has 2 aliphatic rings. The summed E-state index contributed by atoms with van der Waals surface area (Å²) in [5.41, 5.74) is 5.45. The lowest BCUT2D eigenvalue weighted by Gasteiger charge is -2.27. The molecule has 0 spiro atoms. The van der Waals surface area contributed by atoms with Crippen LogP contribution >= 0.6 is 0 Å². The molecule has 2 saturated heterocycles. The van der Waals surface area contributed by atoms with E-state index in [1.54, 1.807) is 0 Å². The van der Waals surface area contributed by atoms with Crippen molar-refractivity contribution in [1.82, 2.24) is 9.80 Å². The summed E-state index contributed by atoms with van der Waals surface area (Å²) < 4.78 is 5.45. The van der Waals surface area contributed by atoms with Crippen molar-refractivity contribution in [3.8, 4) is 0 Å². The van der Waals surface area contributed by atoms with E-state index in [0.717, 1.165) is 26.2 Å². The molecule has 2 aliphatic heterocycles. The summed E-state index contributed by atoms with van der Waals surface area (Å²) in [5.74, 6) is 0.380. The number of nitrogens with zero attached hydrogens (tertiary/aromatic N) is 2. The lowest BCUT2D eigenvalue weighted by atomic mass is 10.0. The van der Waals surface area contributed by atoms with Crippen LogP contribution in [0.15, 0.2) is 0 Å². The van der Waals surface area contributed by atoms with Gasteiger partial charge in [-0.1, -0.05) is 0 Å². The highest BCUT2D eigenvalue weighted by molar-refractivity contribution is 5.68. The number of carbonyl (C=O) groups is 1. The molecule has 2 fully saturated rings. The maximum absolute atomic E-state index is 12.1. The summed E-state index contributed by atoms with van der Waals surface area (Å²) in [7, 11) is 0. The van der Waals surface area contributed by atoms with Crippen molar-refractivity contribution in [2.45, 2.75) is 45.3 Å². The Morgan fingerprint density at radius 3 is 2.42 bits per heavy atom. The quantitative estimate of drug-likeness (QED) is 0.820. The fraction of sp³-hybridized carbons (Fsp3) is 0.929. The van der Waals surface area contributed by atoms with Gasteiger partial charge in [0.05, 0.1) is 0 Å². The summed E-state index contributed by atoms with van der Waals surface area (Å²) in [6.45, 7) is 10.1. The van der Waals surface area contributed by atoms with Crippen LogP contribution in [0.4, 0.5) is 4.79 Å². The molecule has 2 N–H and O–H groups in total. The largest absolute Gasteiger partial charge is 0.444 e. The normalized spacial score (nSPS) is 28.9. The summed E-state index contributed by atoms with van der Waals surface area (Å²) in [6.07, 6.45) is 2.33. The molecule has 110 valence electrons. The fourth-order valence-corrected chi connectivity index (χ4v) is 3.05. The van der Waals surface area contributed by atoms with Crippen molar-refractivity contribution in [3.05, 3.63) is 0 Å². The first-order valence-electron chi connectivity index (χ1n) is 7.33. The minimum absolute atomic E-state index is 0.201. The molecule has 0 aromatic carbocycles. The molecule has 0 aromatic heterocycles. The monoisotopic (exact) mass is 269 g/mol. The lowest BCUT2D eigenvalue weighted by Crippen LogP contribution is -2.41. The maximum Gasteiger partial charge on any atom is 0.410 e. The molecule has 1 amide bonds. The number of hydrogen-bond acceptors (Lipinski definition) is 4. The summed E-state index contributed by atoms with van der Waals surface area (Å²) in [6, 6.07) is 0.417. The second-order valence-electron chi connectivity index (χ2n) is 6.69. The van der Waals surface area contributed by atoms with Crippen LogP contribution < -0.4 is 5.73 Å². The molecule has 19 heavy (non-hydrogen) atoms. The van der Waals surface area contributed by atoms with E-state index in [-0.39, 0.29) is 6.09 Å². The molecule has 0 aliphatic carbocycles. The van der Waals surface area contributed by atoms with Crippen LogP contribution in [-0.2, 0) is 4.74 Å². The minimum Gasteiger partial charge on any atom is -0.444 e. The Balaban J connectivity index is 1.96. The molecule has 2 heterocycles. The highest BCUT2D eigenvalue weighted by Crippen LogP contribution is 2.26. The van der Waals surface area contributed by atoms with Crippen LogP contribution in [-0.4, -0.2) is 60.3 Å². The van der Waals surface area contributed by atoms with Crippen molar-refractivity contribution in [3.63, 3.8) is 0 Å². The van der Waals surface area contributed by atoms with Gasteiger partial charge in [0.25, 0.3) is 0 Å². The van der Waals surface area contributed by atoms with Crippen LogP contribution in [0.3, 0.4) is 0 Å². The van der Waals surface area contributed by atoms with Gasteiger partial charge in [-0.3, -0.25) is 4.90 Å². The van der Waals surface area contributed by atoms with E-state index >= 15 is 0 Å². The van der Waals surface area contributed by atoms with Gasteiger partial charge >= 0.3 is 6.09 Å². The maximum atomic E-state index is 12.1. The summed E-state index contributed by atoms with van der Waals surface area (Å²) in [4.78, 5) is 16.4.